The molecule has 0 radical (unpaired) electrons. The van der Waals surface area contributed by atoms with Crippen molar-refractivity contribution in [3.05, 3.63) is 47.5 Å². The minimum Gasteiger partial charge on any atom is -0.484 e. The van der Waals surface area contributed by atoms with E-state index in [1.807, 2.05) is 0 Å². The van der Waals surface area contributed by atoms with Crippen LogP contribution < -0.4 is 10.1 Å². The maximum Gasteiger partial charge on any atom is 0.522 e. The lowest BCUT2D eigenvalue weighted by Gasteiger charge is -2.34. The average molecular weight is 463 g/mol. The molecule has 3 rings (SSSR count). The Balaban J connectivity index is 1.36. The molecule has 0 atom stereocenters. The minimum absolute atomic E-state index is 0.0426. The van der Waals surface area contributed by atoms with Crippen LogP contribution in [-0.4, -0.2) is 46.5 Å². The summed E-state index contributed by atoms with van der Waals surface area (Å²) in [5.74, 6) is -0.872. The Labute approximate surface area is 180 Å². The van der Waals surface area contributed by atoms with Crippen molar-refractivity contribution in [2.45, 2.75) is 37.8 Å². The van der Waals surface area contributed by atoms with Crippen LogP contribution in [0.3, 0.4) is 0 Å². The third kappa shape index (κ3) is 6.66. The number of benzene rings is 1. The van der Waals surface area contributed by atoms with E-state index in [-0.39, 0.29) is 42.8 Å². The number of hydrogen-bond acceptors (Lipinski definition) is 5. The van der Waals surface area contributed by atoms with E-state index in [1.165, 1.54) is 16.8 Å². The van der Waals surface area contributed by atoms with E-state index in [4.69, 9.17) is 16.3 Å². The number of carbonyl (C=O) groups is 1. The highest BCUT2D eigenvalue weighted by atomic mass is 35.5. The minimum atomic E-state index is -4.64. The number of aromatic nitrogens is 3. The number of carbonyl (C=O) groups excluding carboxylic acids is 1. The molecule has 7 nitrogen and oxygen atoms in total. The van der Waals surface area contributed by atoms with Crippen LogP contribution in [0.2, 0.25) is 5.02 Å². The number of halogens is 5. The second-order valence-electron chi connectivity index (χ2n) is 6.96. The van der Waals surface area contributed by atoms with Crippen molar-refractivity contribution < 1.29 is 31.8 Å². The molecule has 0 aliphatic heterocycles. The molecule has 168 valence electrons. The maximum atomic E-state index is 13.3. The molecule has 1 N–H and O–H groups in total. The summed E-state index contributed by atoms with van der Waals surface area (Å²) in [6.45, 7) is 3.85. The topological polar surface area (TPSA) is 78.3 Å². The predicted molar refractivity (Wildman–Crippen MR) is 103 cm³/mol. The van der Waals surface area contributed by atoms with Gasteiger partial charge in [0.15, 0.2) is 6.61 Å². The van der Waals surface area contributed by atoms with Crippen LogP contribution in [0, 0.1) is 5.82 Å². The number of hydrogen-bond donors (Lipinski definition) is 1. The third-order valence-corrected chi connectivity index (χ3v) is 4.93. The predicted octanol–water partition coefficient (Wildman–Crippen LogP) is 3.91. The van der Waals surface area contributed by atoms with Crippen molar-refractivity contribution in [3.8, 4) is 5.75 Å². The first-order chi connectivity index (χ1) is 14.6. The SMILES string of the molecule is C=C(CCNC(=O)COc1ccc(Cl)c(F)c1)c1cn(C2CC(OC(F)(F)F)C2)nn1. The van der Waals surface area contributed by atoms with Crippen LogP contribution in [0.4, 0.5) is 17.6 Å². The van der Waals surface area contributed by atoms with Crippen LogP contribution in [-0.2, 0) is 9.53 Å². The first-order valence-corrected chi connectivity index (χ1v) is 9.67. The molecule has 1 aromatic carbocycles. The molecule has 0 unspecified atom stereocenters. The quantitative estimate of drug-likeness (QED) is 0.572. The van der Waals surface area contributed by atoms with E-state index in [9.17, 15) is 22.4 Å². The number of ether oxygens (including phenoxy) is 2. The average Bonchev–Trinajstić information content (AvgIpc) is 3.14. The monoisotopic (exact) mass is 462 g/mol. The second kappa shape index (κ2) is 9.65. The van der Waals surface area contributed by atoms with E-state index < -0.39 is 24.2 Å². The molecule has 31 heavy (non-hydrogen) atoms. The molecule has 1 amide bonds. The molecule has 1 saturated carbocycles. The van der Waals surface area contributed by atoms with Gasteiger partial charge in [-0.1, -0.05) is 23.4 Å². The molecule has 1 aromatic heterocycles. The van der Waals surface area contributed by atoms with Gasteiger partial charge in [-0.25, -0.2) is 9.07 Å². The Kier molecular flexibility index (Phi) is 7.16. The van der Waals surface area contributed by atoms with E-state index in [2.05, 4.69) is 26.9 Å². The van der Waals surface area contributed by atoms with Gasteiger partial charge in [0.1, 0.15) is 17.3 Å². The molecule has 0 spiro atoms. The normalized spacial score (nSPS) is 18.4. The van der Waals surface area contributed by atoms with Gasteiger partial charge in [-0.15, -0.1) is 18.3 Å². The first kappa shape index (κ1) is 23.0. The van der Waals surface area contributed by atoms with E-state index >= 15 is 0 Å². The lowest BCUT2D eigenvalue weighted by molar-refractivity contribution is -0.353. The molecule has 1 aliphatic rings. The Morgan fingerprint density at radius 3 is 2.77 bits per heavy atom. The summed E-state index contributed by atoms with van der Waals surface area (Å²) in [5, 5.41) is 10.5. The van der Waals surface area contributed by atoms with Gasteiger partial charge < -0.3 is 10.1 Å². The van der Waals surface area contributed by atoms with E-state index in [0.717, 1.165) is 6.07 Å². The summed E-state index contributed by atoms with van der Waals surface area (Å²) < 4.78 is 60.5. The molecule has 0 bridgehead atoms. The molecule has 2 aromatic rings. The van der Waals surface area contributed by atoms with E-state index in [1.54, 1.807) is 6.20 Å². The van der Waals surface area contributed by atoms with Gasteiger partial charge in [0.25, 0.3) is 5.91 Å². The molecule has 1 fully saturated rings. The fourth-order valence-electron chi connectivity index (χ4n) is 2.90. The zero-order valence-corrected chi connectivity index (χ0v) is 16.9. The zero-order chi connectivity index (χ0) is 22.6. The third-order valence-electron chi connectivity index (χ3n) is 4.63. The van der Waals surface area contributed by atoms with Crippen molar-refractivity contribution in [2.24, 2.45) is 0 Å². The summed E-state index contributed by atoms with van der Waals surface area (Å²) in [7, 11) is 0. The highest BCUT2D eigenvalue weighted by Crippen LogP contribution is 2.37. The summed E-state index contributed by atoms with van der Waals surface area (Å²) in [6.07, 6.45) is -3.13. The van der Waals surface area contributed by atoms with Crippen molar-refractivity contribution in [3.63, 3.8) is 0 Å². The maximum absolute atomic E-state index is 13.3. The molecular weight excluding hydrogens is 444 g/mol. The lowest BCUT2D eigenvalue weighted by Crippen LogP contribution is -2.37. The van der Waals surface area contributed by atoms with Crippen molar-refractivity contribution in [1.82, 2.24) is 20.3 Å². The van der Waals surface area contributed by atoms with Gasteiger partial charge >= 0.3 is 6.36 Å². The largest absolute Gasteiger partial charge is 0.522 e. The summed E-state index contributed by atoms with van der Waals surface area (Å²) in [6, 6.07) is 3.65. The number of alkyl halides is 3. The van der Waals surface area contributed by atoms with E-state index in [0.29, 0.717) is 17.7 Å². The highest BCUT2D eigenvalue weighted by Gasteiger charge is 2.41. The summed E-state index contributed by atoms with van der Waals surface area (Å²) >= 11 is 5.58. The van der Waals surface area contributed by atoms with Crippen molar-refractivity contribution in [1.29, 1.82) is 0 Å². The lowest BCUT2D eigenvalue weighted by atomic mass is 9.89. The standard InChI is InChI=1S/C19H19ClF4N4O3/c1-11(4-5-25-18(29)10-30-13-2-3-15(20)16(21)8-13)17-9-28(27-26-17)12-6-14(7-12)31-19(22,23)24/h2-3,8-9,12,14H,1,4-7,10H2,(H,25,29). The zero-order valence-electron chi connectivity index (χ0n) is 16.2. The van der Waals surface area contributed by atoms with Crippen LogP contribution in [0.5, 0.6) is 5.75 Å². The number of nitrogens with one attached hydrogen (secondary N) is 1. The van der Waals surface area contributed by atoms with Gasteiger partial charge in [0, 0.05) is 12.6 Å². The van der Waals surface area contributed by atoms with Crippen LogP contribution >= 0.6 is 11.6 Å². The highest BCUT2D eigenvalue weighted by molar-refractivity contribution is 6.30. The fourth-order valence-corrected chi connectivity index (χ4v) is 3.02. The summed E-state index contributed by atoms with van der Waals surface area (Å²) in [5.41, 5.74) is 1.09. The Hall–Kier alpha value is -2.66. The van der Waals surface area contributed by atoms with Crippen molar-refractivity contribution >= 4 is 23.1 Å². The second-order valence-corrected chi connectivity index (χ2v) is 7.37. The molecule has 1 heterocycles. The van der Waals surface area contributed by atoms with Gasteiger partial charge in [0.2, 0.25) is 0 Å². The molecule has 1 aliphatic carbocycles. The van der Waals surface area contributed by atoms with Gasteiger partial charge in [0.05, 0.1) is 23.4 Å². The van der Waals surface area contributed by atoms with Crippen LogP contribution in [0.15, 0.2) is 31.0 Å². The van der Waals surface area contributed by atoms with Crippen molar-refractivity contribution in [2.75, 3.05) is 13.2 Å². The van der Waals surface area contributed by atoms with Crippen LogP contribution in [0.25, 0.3) is 5.57 Å². The number of rotatable bonds is 9. The molecule has 0 saturated heterocycles. The van der Waals surface area contributed by atoms with Gasteiger partial charge in [-0.05, 0) is 37.0 Å². The number of amides is 1. The Bertz CT molecular complexity index is 944. The Morgan fingerprint density at radius 1 is 1.35 bits per heavy atom. The molecule has 12 heteroatoms. The van der Waals surface area contributed by atoms with Crippen LogP contribution in [0.1, 0.15) is 31.0 Å². The first-order valence-electron chi connectivity index (χ1n) is 9.30. The smallest absolute Gasteiger partial charge is 0.484 e. The van der Waals surface area contributed by atoms with Gasteiger partial charge in [-0.3, -0.25) is 9.53 Å². The Morgan fingerprint density at radius 2 is 2.10 bits per heavy atom. The fraction of sp³-hybridized carbons (Fsp3) is 0.421. The number of nitrogens with zero attached hydrogens (tertiary/aromatic N) is 3. The summed E-state index contributed by atoms with van der Waals surface area (Å²) in [4.78, 5) is 11.8. The van der Waals surface area contributed by atoms with Gasteiger partial charge in [-0.2, -0.15) is 0 Å². The molecular formula is C19H19ClF4N4O3.